The second-order valence-corrected chi connectivity index (χ2v) is 8.33. The Balaban J connectivity index is 1.45. The Morgan fingerprint density at radius 3 is 2.12 bits per heavy atom. The fourth-order valence-corrected chi connectivity index (χ4v) is 4.90. The van der Waals surface area contributed by atoms with Gasteiger partial charge in [0.1, 0.15) is 0 Å². The van der Waals surface area contributed by atoms with Crippen molar-refractivity contribution in [1.29, 1.82) is 0 Å². The largest absolute Gasteiger partial charge is 0.434 e. The maximum Gasteiger partial charge on any atom is 0.228 e. The van der Waals surface area contributed by atoms with Gasteiger partial charge in [-0.05, 0) is 41.1 Å². The number of ketones is 2. The van der Waals surface area contributed by atoms with Crippen LogP contribution in [0.4, 0.5) is 0 Å². The molecule has 5 nitrogen and oxygen atoms in total. The molecule has 0 fully saturated rings. The number of Topliss-reactive ketones (excluding diaryl/α,β-unsaturated/α-hetero) is 2. The minimum Gasteiger partial charge on any atom is -0.434 e. The lowest BCUT2D eigenvalue weighted by Gasteiger charge is -2.02. The van der Waals surface area contributed by atoms with Crippen LogP contribution < -0.4 is 0 Å². The Morgan fingerprint density at radius 2 is 1.50 bits per heavy atom. The van der Waals surface area contributed by atoms with E-state index in [2.05, 4.69) is 27.6 Å². The summed E-state index contributed by atoms with van der Waals surface area (Å²) in [6.45, 7) is 0. The van der Waals surface area contributed by atoms with Crippen LogP contribution in [-0.2, 0) is 4.55 Å². The van der Waals surface area contributed by atoms with Crippen LogP contribution in [0.15, 0.2) is 82.8 Å². The van der Waals surface area contributed by atoms with Crippen molar-refractivity contribution in [3.8, 4) is 11.5 Å². The molecular formula is C26H15IN2O3. The molecule has 0 spiro atoms. The van der Waals surface area contributed by atoms with Gasteiger partial charge in [-0.25, -0.2) is 0 Å². The maximum absolute atomic E-state index is 13.1. The summed E-state index contributed by atoms with van der Waals surface area (Å²) in [6, 6.07) is 22.9. The molecule has 154 valence electrons. The molecule has 0 bridgehead atoms. The first kappa shape index (κ1) is 19.2. The molecule has 0 N–H and O–H groups in total. The summed E-state index contributed by atoms with van der Waals surface area (Å²) >= 11 is 2.24. The smallest absolute Gasteiger partial charge is 0.228 e. The fraction of sp³-hybridized carbons (Fsp3) is 0.0385. The number of halogens is 1. The van der Waals surface area contributed by atoms with E-state index >= 15 is 0 Å². The lowest BCUT2D eigenvalue weighted by atomic mass is 10.0. The fourth-order valence-electron chi connectivity index (χ4n) is 4.18. The van der Waals surface area contributed by atoms with Crippen molar-refractivity contribution >= 4 is 62.2 Å². The molecule has 2 heterocycles. The Kier molecular flexibility index (Phi) is 4.36. The normalized spacial score (nSPS) is 13.3. The van der Waals surface area contributed by atoms with Crippen LogP contribution in [0.1, 0.15) is 26.4 Å². The summed E-state index contributed by atoms with van der Waals surface area (Å²) < 4.78 is 8.52. The van der Waals surface area contributed by atoms with Gasteiger partial charge in [0.15, 0.2) is 22.8 Å². The molecule has 0 unspecified atom stereocenters. The molecule has 0 amide bonds. The molecule has 32 heavy (non-hydrogen) atoms. The van der Waals surface area contributed by atoms with E-state index in [0.29, 0.717) is 38.5 Å². The van der Waals surface area contributed by atoms with E-state index in [1.807, 2.05) is 77.4 Å². The van der Waals surface area contributed by atoms with Crippen LogP contribution in [0.3, 0.4) is 0 Å². The molecule has 0 atom stereocenters. The monoisotopic (exact) mass is 530 g/mol. The molecule has 1 aliphatic rings. The van der Waals surface area contributed by atoms with E-state index < -0.39 is 0 Å². The van der Waals surface area contributed by atoms with E-state index in [-0.39, 0.29) is 17.1 Å². The Hall–Kier alpha value is -3.52. The first-order chi connectivity index (χ1) is 15.6. The average Bonchev–Trinajstić information content (AvgIpc) is 3.45. The molecule has 0 saturated heterocycles. The van der Waals surface area contributed by atoms with Crippen LogP contribution in [-0.4, -0.2) is 21.1 Å². The maximum atomic E-state index is 13.1. The van der Waals surface area contributed by atoms with Gasteiger partial charge in [0.2, 0.25) is 5.89 Å². The predicted octanol–water partition coefficient (Wildman–Crippen LogP) is 6.30. The molecule has 0 aliphatic heterocycles. The zero-order valence-electron chi connectivity index (χ0n) is 16.7. The van der Waals surface area contributed by atoms with Crippen molar-refractivity contribution in [2.45, 2.75) is 4.55 Å². The van der Waals surface area contributed by atoms with Crippen LogP contribution in [0.2, 0.25) is 0 Å². The summed E-state index contributed by atoms with van der Waals surface area (Å²) in [7, 11) is 0. The standard InChI is InChI=1S/C26H15IN2O3/c27-14-29-18(13-22-25(29)28-26(32-22)15-6-2-1-3-7-15)12-21-23(30)19-10-16-8-4-5-9-17(16)11-20(19)24(21)31/h1-13H,14H2. The summed E-state index contributed by atoms with van der Waals surface area (Å²) in [5.74, 6) is 0.0542. The number of fused-ring (bicyclic) bond motifs is 3. The van der Waals surface area contributed by atoms with Crippen LogP contribution in [0, 0.1) is 0 Å². The van der Waals surface area contributed by atoms with E-state index in [9.17, 15) is 9.59 Å². The highest BCUT2D eigenvalue weighted by molar-refractivity contribution is 14.1. The second kappa shape index (κ2) is 7.27. The highest BCUT2D eigenvalue weighted by atomic mass is 127. The number of alkyl halides is 1. The van der Waals surface area contributed by atoms with Crippen molar-refractivity contribution in [2.75, 3.05) is 0 Å². The van der Waals surface area contributed by atoms with Crippen molar-refractivity contribution in [3.05, 3.63) is 95.2 Å². The van der Waals surface area contributed by atoms with Crippen LogP contribution in [0.5, 0.6) is 0 Å². The van der Waals surface area contributed by atoms with Gasteiger partial charge in [0.25, 0.3) is 0 Å². The van der Waals surface area contributed by atoms with E-state index in [0.717, 1.165) is 16.3 Å². The molecule has 0 radical (unpaired) electrons. The minimum absolute atomic E-state index is 0.171. The lowest BCUT2D eigenvalue weighted by molar-refractivity contribution is 0.0990. The zero-order valence-corrected chi connectivity index (χ0v) is 18.9. The van der Waals surface area contributed by atoms with E-state index in [1.54, 1.807) is 6.08 Å². The van der Waals surface area contributed by atoms with Gasteiger partial charge >= 0.3 is 0 Å². The van der Waals surface area contributed by atoms with Gasteiger partial charge in [-0.2, -0.15) is 4.98 Å². The molecule has 2 aromatic heterocycles. The molecule has 6 heteroatoms. The number of allylic oxidation sites excluding steroid dienone is 1. The van der Waals surface area contributed by atoms with Crippen molar-refractivity contribution in [3.63, 3.8) is 0 Å². The minimum atomic E-state index is -0.244. The molecular weight excluding hydrogens is 515 g/mol. The van der Waals surface area contributed by atoms with E-state index in [4.69, 9.17) is 4.42 Å². The first-order valence-corrected chi connectivity index (χ1v) is 11.6. The molecule has 5 aromatic rings. The summed E-state index contributed by atoms with van der Waals surface area (Å²) in [5.41, 5.74) is 4.01. The van der Waals surface area contributed by atoms with Crippen molar-refractivity contribution < 1.29 is 14.0 Å². The summed E-state index contributed by atoms with van der Waals surface area (Å²) in [4.78, 5) is 30.9. The van der Waals surface area contributed by atoms with Gasteiger partial charge in [-0.1, -0.05) is 65.1 Å². The number of benzene rings is 3. The van der Waals surface area contributed by atoms with Gasteiger partial charge < -0.3 is 8.98 Å². The highest BCUT2D eigenvalue weighted by Crippen LogP contribution is 2.33. The Labute approximate surface area is 196 Å². The molecule has 0 saturated carbocycles. The molecule has 1 aliphatic carbocycles. The zero-order chi connectivity index (χ0) is 21.8. The summed E-state index contributed by atoms with van der Waals surface area (Å²) in [5, 5.41) is 1.89. The highest BCUT2D eigenvalue weighted by Gasteiger charge is 2.34. The third-order valence-electron chi connectivity index (χ3n) is 5.78. The number of aromatic nitrogens is 2. The number of rotatable bonds is 3. The number of carbonyl (C=O) groups is 2. The number of hydrogen-bond donors (Lipinski definition) is 0. The third-order valence-corrected chi connectivity index (χ3v) is 6.46. The topological polar surface area (TPSA) is 65.1 Å². The SMILES string of the molecule is O=C1C(=Cc2cc3oc(-c4ccccc4)nc3n2CI)C(=O)c2cc3ccccc3cc21. The average molecular weight is 530 g/mol. The Morgan fingerprint density at radius 1 is 0.875 bits per heavy atom. The van der Waals surface area contributed by atoms with Gasteiger partial charge in [-0.3, -0.25) is 9.59 Å². The van der Waals surface area contributed by atoms with Crippen LogP contribution >= 0.6 is 22.6 Å². The van der Waals surface area contributed by atoms with Crippen molar-refractivity contribution in [1.82, 2.24) is 9.55 Å². The number of hydrogen-bond acceptors (Lipinski definition) is 4. The third kappa shape index (κ3) is 2.86. The van der Waals surface area contributed by atoms with E-state index in [1.165, 1.54) is 0 Å². The van der Waals surface area contributed by atoms with Gasteiger partial charge in [0, 0.05) is 28.5 Å². The first-order valence-electron chi connectivity index (χ1n) is 10.1. The second-order valence-electron chi connectivity index (χ2n) is 7.65. The number of nitrogens with zero attached hydrogens (tertiary/aromatic N) is 2. The van der Waals surface area contributed by atoms with Crippen LogP contribution in [0.25, 0.3) is 39.5 Å². The molecule has 6 rings (SSSR count). The number of carbonyl (C=O) groups excluding carboxylic acids is 2. The Bertz CT molecular complexity index is 1540. The lowest BCUT2D eigenvalue weighted by Crippen LogP contribution is -2.02. The predicted molar refractivity (Wildman–Crippen MR) is 132 cm³/mol. The summed E-state index contributed by atoms with van der Waals surface area (Å²) in [6.07, 6.45) is 1.66. The van der Waals surface area contributed by atoms with Gasteiger partial charge in [0.05, 0.1) is 10.1 Å². The number of oxazole rings is 1. The van der Waals surface area contributed by atoms with Gasteiger partial charge in [-0.15, -0.1) is 0 Å². The quantitative estimate of drug-likeness (QED) is 0.119. The molecule has 3 aromatic carbocycles. The van der Waals surface area contributed by atoms with Crippen molar-refractivity contribution in [2.24, 2.45) is 0 Å².